The third kappa shape index (κ3) is 5.01. The maximum absolute atomic E-state index is 11.4. The molecule has 0 spiro atoms. The number of aliphatic imine (C=N–C) groups is 1. The lowest BCUT2D eigenvalue weighted by Crippen LogP contribution is -1.98. The van der Waals surface area contributed by atoms with Crippen LogP contribution in [0.15, 0.2) is 53.5 Å². The molecule has 0 unspecified atom stereocenters. The first-order valence-electron chi connectivity index (χ1n) is 9.29. The first-order valence-corrected chi connectivity index (χ1v) is 9.67. The zero-order chi connectivity index (χ0) is 23.4. The smallest absolute Gasteiger partial charge is 0.318 e. The van der Waals surface area contributed by atoms with E-state index in [9.17, 15) is 20.2 Å². The lowest BCUT2D eigenvalue weighted by molar-refractivity contribution is -0.394. The molecule has 0 fully saturated rings. The van der Waals surface area contributed by atoms with Crippen molar-refractivity contribution in [2.24, 2.45) is 4.99 Å². The summed E-state index contributed by atoms with van der Waals surface area (Å²) < 4.78 is 11.0. The second kappa shape index (κ2) is 9.44. The second-order valence-corrected chi connectivity index (χ2v) is 7.26. The van der Waals surface area contributed by atoms with Gasteiger partial charge < -0.3 is 9.47 Å². The van der Waals surface area contributed by atoms with Gasteiger partial charge in [0.15, 0.2) is 11.5 Å². The SMILES string of the molecule is COc1cc(C=Nc2cc(C)ccc2C)cc(Cl)c1Oc1ccc([N+](=O)[O-])cc1[N+](=O)[O-]. The summed E-state index contributed by atoms with van der Waals surface area (Å²) >= 11 is 6.37. The lowest BCUT2D eigenvalue weighted by atomic mass is 10.1. The van der Waals surface area contributed by atoms with Crippen molar-refractivity contribution in [1.82, 2.24) is 0 Å². The fourth-order valence-electron chi connectivity index (χ4n) is 2.87. The van der Waals surface area contributed by atoms with Crippen LogP contribution in [0.25, 0.3) is 0 Å². The summed E-state index contributed by atoms with van der Waals surface area (Å²) in [6, 6.07) is 12.2. The van der Waals surface area contributed by atoms with Crippen LogP contribution in [0.4, 0.5) is 17.1 Å². The maximum Gasteiger partial charge on any atom is 0.318 e. The molecule has 0 N–H and O–H groups in total. The second-order valence-electron chi connectivity index (χ2n) is 6.85. The Kier molecular flexibility index (Phi) is 6.70. The van der Waals surface area contributed by atoms with Crippen LogP contribution in [-0.4, -0.2) is 23.2 Å². The van der Waals surface area contributed by atoms with E-state index in [2.05, 4.69) is 4.99 Å². The Morgan fingerprint density at radius 2 is 1.72 bits per heavy atom. The highest BCUT2D eigenvalue weighted by Gasteiger charge is 2.23. The molecule has 9 nitrogen and oxygen atoms in total. The van der Waals surface area contributed by atoms with E-state index in [-0.39, 0.29) is 22.3 Å². The van der Waals surface area contributed by atoms with Gasteiger partial charge in [-0.1, -0.05) is 23.7 Å². The van der Waals surface area contributed by atoms with Gasteiger partial charge in [-0.25, -0.2) is 0 Å². The summed E-state index contributed by atoms with van der Waals surface area (Å²) in [7, 11) is 1.40. The Bertz CT molecular complexity index is 1240. The number of nitro benzene ring substituents is 2. The number of rotatable bonds is 7. The van der Waals surface area contributed by atoms with Crippen LogP contribution < -0.4 is 9.47 Å². The third-order valence-corrected chi connectivity index (χ3v) is 4.81. The average molecular weight is 456 g/mol. The van der Waals surface area contributed by atoms with E-state index in [1.807, 2.05) is 32.0 Å². The van der Waals surface area contributed by atoms with Gasteiger partial charge in [0.05, 0.1) is 33.7 Å². The van der Waals surface area contributed by atoms with Crippen molar-refractivity contribution in [3.63, 3.8) is 0 Å². The normalized spacial score (nSPS) is 10.9. The summed E-state index contributed by atoms with van der Waals surface area (Å²) in [5.41, 5.74) is 2.51. The van der Waals surface area contributed by atoms with E-state index >= 15 is 0 Å². The predicted molar refractivity (Wildman–Crippen MR) is 121 cm³/mol. The number of hydrogen-bond donors (Lipinski definition) is 0. The van der Waals surface area contributed by atoms with Crippen molar-refractivity contribution in [1.29, 1.82) is 0 Å². The Morgan fingerprint density at radius 3 is 2.38 bits per heavy atom. The Balaban J connectivity index is 1.97. The Hall–Kier alpha value is -3.98. The van der Waals surface area contributed by atoms with E-state index in [0.29, 0.717) is 5.56 Å². The fourth-order valence-corrected chi connectivity index (χ4v) is 3.13. The van der Waals surface area contributed by atoms with Crippen LogP contribution in [0.2, 0.25) is 5.02 Å². The van der Waals surface area contributed by atoms with E-state index in [0.717, 1.165) is 35.0 Å². The molecule has 3 aromatic carbocycles. The third-order valence-electron chi connectivity index (χ3n) is 4.53. The summed E-state index contributed by atoms with van der Waals surface area (Å²) in [5.74, 6) is 0.0418. The first kappa shape index (κ1) is 22.7. The summed E-state index contributed by atoms with van der Waals surface area (Å²) in [5, 5.41) is 22.4. The molecule has 3 rings (SSSR count). The molecule has 0 saturated carbocycles. The van der Waals surface area contributed by atoms with E-state index < -0.39 is 21.2 Å². The van der Waals surface area contributed by atoms with Crippen LogP contribution in [0.3, 0.4) is 0 Å². The number of ether oxygens (including phenoxy) is 2. The number of nitro groups is 2. The summed E-state index contributed by atoms with van der Waals surface area (Å²) in [4.78, 5) is 25.3. The highest BCUT2D eigenvalue weighted by atomic mass is 35.5. The molecule has 0 bridgehead atoms. The number of non-ortho nitro benzene ring substituents is 1. The zero-order valence-corrected chi connectivity index (χ0v) is 18.1. The lowest BCUT2D eigenvalue weighted by Gasteiger charge is -2.13. The number of nitrogens with zero attached hydrogens (tertiary/aromatic N) is 3. The molecule has 0 aliphatic rings. The van der Waals surface area contributed by atoms with Crippen LogP contribution in [0.5, 0.6) is 17.2 Å². The molecule has 0 aliphatic carbocycles. The van der Waals surface area contributed by atoms with Gasteiger partial charge in [-0.2, -0.15) is 0 Å². The van der Waals surface area contributed by atoms with Gasteiger partial charge in [-0.3, -0.25) is 25.2 Å². The van der Waals surface area contributed by atoms with Gasteiger partial charge in [0.25, 0.3) is 5.69 Å². The molecule has 0 aliphatic heterocycles. The van der Waals surface area contributed by atoms with E-state index in [1.165, 1.54) is 7.11 Å². The van der Waals surface area contributed by atoms with Gasteiger partial charge >= 0.3 is 5.69 Å². The number of hydrogen-bond acceptors (Lipinski definition) is 7. The monoisotopic (exact) mass is 455 g/mol. The van der Waals surface area contributed by atoms with Crippen molar-refractivity contribution in [2.75, 3.05) is 7.11 Å². The molecule has 0 saturated heterocycles. The summed E-state index contributed by atoms with van der Waals surface area (Å²) in [6.45, 7) is 3.93. The maximum atomic E-state index is 11.4. The minimum absolute atomic E-state index is 0.0370. The Morgan fingerprint density at radius 1 is 0.969 bits per heavy atom. The molecule has 0 radical (unpaired) electrons. The average Bonchev–Trinajstić information content (AvgIpc) is 2.75. The molecule has 32 heavy (non-hydrogen) atoms. The highest BCUT2D eigenvalue weighted by Crippen LogP contribution is 2.42. The minimum atomic E-state index is -0.770. The molecule has 0 atom stereocenters. The van der Waals surface area contributed by atoms with Crippen LogP contribution in [0, 0.1) is 34.1 Å². The number of aryl methyl sites for hydroxylation is 2. The minimum Gasteiger partial charge on any atom is -0.493 e. The molecule has 164 valence electrons. The molecule has 0 heterocycles. The zero-order valence-electron chi connectivity index (χ0n) is 17.4. The van der Waals surface area contributed by atoms with E-state index in [1.54, 1.807) is 18.3 Å². The number of methoxy groups -OCH3 is 1. The standard InChI is InChI=1S/C22H18ClN3O6/c1-13-4-5-14(2)18(8-13)24-12-15-9-17(23)22(21(10-15)31-3)32-20-7-6-16(25(27)28)11-19(20)26(29)30/h4-12H,1-3H3. The van der Waals surface area contributed by atoms with Gasteiger partial charge in [0, 0.05) is 12.3 Å². The topological polar surface area (TPSA) is 117 Å². The molecule has 3 aromatic rings. The van der Waals surface area contributed by atoms with Crippen molar-refractivity contribution in [2.45, 2.75) is 13.8 Å². The molecule has 0 amide bonds. The predicted octanol–water partition coefficient (Wildman–Crippen LogP) is 6.32. The van der Waals surface area contributed by atoms with Crippen LogP contribution >= 0.6 is 11.6 Å². The first-order chi connectivity index (χ1) is 15.2. The Labute approximate surface area is 188 Å². The molecule has 10 heteroatoms. The van der Waals surface area contributed by atoms with Crippen molar-refractivity contribution in [3.05, 3.63) is 90.5 Å². The molecular weight excluding hydrogens is 438 g/mol. The van der Waals surface area contributed by atoms with Crippen LogP contribution in [0.1, 0.15) is 16.7 Å². The van der Waals surface area contributed by atoms with E-state index in [4.69, 9.17) is 21.1 Å². The quantitative estimate of drug-likeness (QED) is 0.233. The molecular formula is C22H18ClN3O6. The van der Waals surface area contributed by atoms with Gasteiger partial charge in [-0.05, 0) is 54.8 Å². The number of benzene rings is 3. The largest absolute Gasteiger partial charge is 0.493 e. The summed E-state index contributed by atoms with van der Waals surface area (Å²) in [6.07, 6.45) is 1.62. The van der Waals surface area contributed by atoms with Crippen molar-refractivity contribution < 1.29 is 19.3 Å². The van der Waals surface area contributed by atoms with Gasteiger partial charge in [-0.15, -0.1) is 0 Å². The van der Waals surface area contributed by atoms with Crippen LogP contribution in [-0.2, 0) is 0 Å². The van der Waals surface area contributed by atoms with Gasteiger partial charge in [0.2, 0.25) is 5.75 Å². The number of halogens is 1. The van der Waals surface area contributed by atoms with Gasteiger partial charge in [0.1, 0.15) is 0 Å². The molecule has 0 aromatic heterocycles. The van der Waals surface area contributed by atoms with Crippen molar-refractivity contribution in [3.8, 4) is 17.2 Å². The fraction of sp³-hybridized carbons (Fsp3) is 0.136. The highest BCUT2D eigenvalue weighted by molar-refractivity contribution is 6.32. The van der Waals surface area contributed by atoms with Crippen molar-refractivity contribution >= 4 is 34.9 Å².